The molecule has 8 nitrogen and oxygen atoms in total. The molecular formula is C20H21ClN2O6S. The van der Waals surface area contributed by atoms with E-state index in [9.17, 15) is 18.0 Å². The molecule has 1 aliphatic heterocycles. The molecular weight excluding hydrogens is 432 g/mol. The quantitative estimate of drug-likeness (QED) is 0.696. The number of anilines is 2. The van der Waals surface area contributed by atoms with Crippen molar-refractivity contribution in [2.24, 2.45) is 0 Å². The zero-order valence-electron chi connectivity index (χ0n) is 16.6. The van der Waals surface area contributed by atoms with Gasteiger partial charge < -0.3 is 20.1 Å². The van der Waals surface area contributed by atoms with Gasteiger partial charge in [0.2, 0.25) is 5.91 Å². The van der Waals surface area contributed by atoms with Crippen molar-refractivity contribution >= 4 is 44.6 Å². The molecule has 0 fully saturated rings. The Balaban J connectivity index is 1.76. The first kappa shape index (κ1) is 21.9. The van der Waals surface area contributed by atoms with E-state index in [1.54, 1.807) is 25.1 Å². The first-order chi connectivity index (χ1) is 14.1. The Morgan fingerprint density at radius 3 is 2.73 bits per heavy atom. The molecule has 1 unspecified atom stereocenters. The monoisotopic (exact) mass is 452 g/mol. The van der Waals surface area contributed by atoms with Crippen molar-refractivity contribution in [1.82, 2.24) is 0 Å². The molecule has 0 saturated heterocycles. The summed E-state index contributed by atoms with van der Waals surface area (Å²) in [6.07, 6.45) is -0.250. The third-order valence-electron chi connectivity index (χ3n) is 4.65. The summed E-state index contributed by atoms with van der Waals surface area (Å²) in [4.78, 5) is 23.9. The second kappa shape index (κ2) is 8.53. The smallest absolute Gasteiger partial charge is 0.262 e. The van der Waals surface area contributed by atoms with E-state index >= 15 is 0 Å². The molecule has 30 heavy (non-hydrogen) atoms. The molecule has 0 radical (unpaired) electrons. The Bertz CT molecular complexity index is 1120. The van der Waals surface area contributed by atoms with E-state index in [2.05, 4.69) is 10.6 Å². The summed E-state index contributed by atoms with van der Waals surface area (Å²) < 4.78 is 36.5. The van der Waals surface area contributed by atoms with Crippen LogP contribution in [-0.4, -0.2) is 39.2 Å². The van der Waals surface area contributed by atoms with Gasteiger partial charge in [-0.1, -0.05) is 11.6 Å². The van der Waals surface area contributed by atoms with Gasteiger partial charge in [-0.05, 0) is 43.7 Å². The summed E-state index contributed by atoms with van der Waals surface area (Å²) in [5.74, 6) is -0.0252. The normalized spacial score (nSPS) is 14.2. The molecule has 1 heterocycles. The highest BCUT2D eigenvalue weighted by atomic mass is 35.5. The summed E-state index contributed by atoms with van der Waals surface area (Å²) in [5, 5.41) is 4.62. The molecule has 0 aliphatic carbocycles. The van der Waals surface area contributed by atoms with Crippen LogP contribution in [0, 0.1) is 6.92 Å². The van der Waals surface area contributed by atoms with Crippen LogP contribution in [0.4, 0.5) is 11.4 Å². The molecule has 3 rings (SSSR count). The summed E-state index contributed by atoms with van der Waals surface area (Å²) in [5.41, 5.74) is 1.31. The van der Waals surface area contributed by atoms with Crippen molar-refractivity contribution in [3.8, 4) is 11.5 Å². The van der Waals surface area contributed by atoms with Crippen LogP contribution in [0.2, 0.25) is 5.02 Å². The standard InChI is InChI=1S/C20H21ClN2O6S/c1-11-6-15-17(29-10-20(25)23-15)9-18(11)30(26,27)12(2)7-19(24)22-13-4-5-16(28-3)14(21)8-13/h4-6,8-9,12H,7,10H2,1-3H3,(H,22,24)(H,23,25). The zero-order chi connectivity index (χ0) is 22.1. The number of sulfone groups is 1. The van der Waals surface area contributed by atoms with Gasteiger partial charge in [-0.25, -0.2) is 8.42 Å². The van der Waals surface area contributed by atoms with Crippen molar-refractivity contribution in [1.29, 1.82) is 0 Å². The number of fused-ring (bicyclic) bond motifs is 1. The van der Waals surface area contributed by atoms with Crippen LogP contribution in [0.3, 0.4) is 0 Å². The molecule has 160 valence electrons. The maximum Gasteiger partial charge on any atom is 0.262 e. The van der Waals surface area contributed by atoms with Crippen molar-refractivity contribution in [3.63, 3.8) is 0 Å². The van der Waals surface area contributed by atoms with Crippen molar-refractivity contribution in [2.45, 2.75) is 30.4 Å². The lowest BCUT2D eigenvalue weighted by molar-refractivity contribution is -0.118. The molecule has 0 spiro atoms. The number of rotatable bonds is 6. The number of carbonyl (C=O) groups excluding carboxylic acids is 2. The zero-order valence-corrected chi connectivity index (χ0v) is 18.2. The van der Waals surface area contributed by atoms with E-state index in [-0.39, 0.29) is 29.6 Å². The highest BCUT2D eigenvalue weighted by molar-refractivity contribution is 7.92. The van der Waals surface area contributed by atoms with Crippen LogP contribution in [0.1, 0.15) is 18.9 Å². The van der Waals surface area contributed by atoms with Gasteiger partial charge in [0.15, 0.2) is 16.4 Å². The lowest BCUT2D eigenvalue weighted by Gasteiger charge is -2.21. The minimum Gasteiger partial charge on any atom is -0.495 e. The third kappa shape index (κ3) is 4.52. The SMILES string of the molecule is COc1ccc(NC(=O)CC(C)S(=O)(=O)c2cc3c(cc2C)NC(=O)CO3)cc1Cl. The van der Waals surface area contributed by atoms with Crippen molar-refractivity contribution < 1.29 is 27.5 Å². The van der Waals surface area contributed by atoms with Gasteiger partial charge >= 0.3 is 0 Å². The number of aryl methyl sites for hydroxylation is 1. The average molecular weight is 453 g/mol. The van der Waals surface area contributed by atoms with Crippen LogP contribution < -0.4 is 20.1 Å². The predicted molar refractivity (Wildman–Crippen MR) is 113 cm³/mol. The van der Waals surface area contributed by atoms with Gasteiger partial charge in [-0.15, -0.1) is 0 Å². The van der Waals surface area contributed by atoms with Gasteiger partial charge in [0, 0.05) is 18.2 Å². The van der Waals surface area contributed by atoms with Gasteiger partial charge in [-0.2, -0.15) is 0 Å². The van der Waals surface area contributed by atoms with E-state index in [1.807, 2.05) is 0 Å². The van der Waals surface area contributed by atoms with E-state index < -0.39 is 21.0 Å². The number of amides is 2. The van der Waals surface area contributed by atoms with E-state index in [0.29, 0.717) is 27.7 Å². The van der Waals surface area contributed by atoms with E-state index in [4.69, 9.17) is 21.1 Å². The van der Waals surface area contributed by atoms with Gasteiger partial charge in [0.1, 0.15) is 11.5 Å². The van der Waals surface area contributed by atoms with E-state index in [0.717, 1.165) is 0 Å². The lowest BCUT2D eigenvalue weighted by atomic mass is 10.2. The van der Waals surface area contributed by atoms with Crippen LogP contribution in [0.5, 0.6) is 11.5 Å². The Kier molecular flexibility index (Phi) is 6.23. The molecule has 0 bridgehead atoms. The van der Waals surface area contributed by atoms with Crippen molar-refractivity contribution in [3.05, 3.63) is 40.9 Å². The number of hydrogen-bond acceptors (Lipinski definition) is 6. The topological polar surface area (TPSA) is 111 Å². The van der Waals surface area contributed by atoms with Crippen molar-refractivity contribution in [2.75, 3.05) is 24.4 Å². The number of halogens is 1. The number of ether oxygens (including phenoxy) is 2. The third-order valence-corrected chi connectivity index (χ3v) is 7.23. The van der Waals surface area contributed by atoms with Gasteiger partial charge in [0.25, 0.3) is 5.91 Å². The molecule has 10 heteroatoms. The van der Waals surface area contributed by atoms with Gasteiger partial charge in [-0.3, -0.25) is 9.59 Å². The minimum absolute atomic E-state index is 0.0604. The fraction of sp³-hybridized carbons (Fsp3) is 0.300. The predicted octanol–water partition coefficient (Wildman–Crippen LogP) is 3.18. The number of benzene rings is 2. The molecule has 2 amide bonds. The number of hydrogen-bond donors (Lipinski definition) is 2. The summed E-state index contributed by atoms with van der Waals surface area (Å²) >= 11 is 6.05. The lowest BCUT2D eigenvalue weighted by Crippen LogP contribution is -2.27. The highest BCUT2D eigenvalue weighted by Crippen LogP contribution is 2.34. The Morgan fingerprint density at radius 2 is 2.07 bits per heavy atom. The van der Waals surface area contributed by atoms with Crippen LogP contribution in [-0.2, 0) is 19.4 Å². The van der Waals surface area contributed by atoms with Gasteiger partial charge in [0.05, 0.1) is 28.0 Å². The van der Waals surface area contributed by atoms with Crippen LogP contribution in [0.15, 0.2) is 35.2 Å². The first-order valence-corrected chi connectivity index (χ1v) is 11.0. The molecule has 0 saturated carbocycles. The van der Waals surface area contributed by atoms with E-state index in [1.165, 1.54) is 26.2 Å². The summed E-state index contributed by atoms with van der Waals surface area (Å²) in [7, 11) is -2.34. The maximum absolute atomic E-state index is 13.1. The number of methoxy groups -OCH3 is 1. The Morgan fingerprint density at radius 1 is 1.33 bits per heavy atom. The molecule has 2 aromatic rings. The largest absolute Gasteiger partial charge is 0.495 e. The first-order valence-electron chi connectivity index (χ1n) is 9.06. The summed E-state index contributed by atoms with van der Waals surface area (Å²) in [6.45, 7) is 2.91. The second-order valence-electron chi connectivity index (χ2n) is 6.91. The molecule has 1 aliphatic rings. The minimum atomic E-state index is -3.82. The van der Waals surface area contributed by atoms with Crippen LogP contribution >= 0.6 is 11.6 Å². The molecule has 2 aromatic carbocycles. The fourth-order valence-electron chi connectivity index (χ4n) is 3.07. The second-order valence-corrected chi connectivity index (χ2v) is 9.65. The summed E-state index contributed by atoms with van der Waals surface area (Å²) in [6, 6.07) is 7.67. The fourth-order valence-corrected chi connectivity index (χ4v) is 4.91. The molecule has 0 aromatic heterocycles. The average Bonchev–Trinajstić information content (AvgIpc) is 2.67. The maximum atomic E-state index is 13.1. The Labute approximate surface area is 179 Å². The highest BCUT2D eigenvalue weighted by Gasteiger charge is 2.29. The van der Waals surface area contributed by atoms with Crippen LogP contribution in [0.25, 0.3) is 0 Å². The Hall–Kier alpha value is -2.78. The number of nitrogens with one attached hydrogen (secondary N) is 2. The number of carbonyl (C=O) groups is 2. The molecule has 2 N–H and O–H groups in total. The molecule has 1 atom stereocenters.